The maximum atomic E-state index is 6.67. The van der Waals surface area contributed by atoms with Gasteiger partial charge in [0.15, 0.2) is 0 Å². The van der Waals surface area contributed by atoms with Crippen molar-refractivity contribution in [3.8, 4) is 11.5 Å². The van der Waals surface area contributed by atoms with Gasteiger partial charge in [-0.25, -0.2) is 0 Å². The molecule has 0 fully saturated rings. The Morgan fingerprint density at radius 2 is 0.829 bits per heavy atom. The Bertz CT molecular complexity index is 736. The summed E-state index contributed by atoms with van der Waals surface area (Å²) in [6.45, 7) is 4.56. The molecule has 0 saturated carbocycles. The SMILES string of the molecule is CCCCCCCCCc1ccccc1[O][Sn]([CH3])([CH3])[O]c1ccccc1CCCCCCCCC. The van der Waals surface area contributed by atoms with Gasteiger partial charge in [0, 0.05) is 0 Å². The summed E-state index contributed by atoms with van der Waals surface area (Å²) in [5.41, 5.74) is 2.68. The predicted octanol–water partition coefficient (Wildman–Crippen LogP) is 10.4. The molecule has 0 aromatic heterocycles. The van der Waals surface area contributed by atoms with Crippen LogP contribution in [0.25, 0.3) is 0 Å². The summed E-state index contributed by atoms with van der Waals surface area (Å²) in [4.78, 5) is 4.48. The van der Waals surface area contributed by atoms with Crippen LogP contribution < -0.4 is 6.15 Å². The summed E-state index contributed by atoms with van der Waals surface area (Å²) in [6.07, 6.45) is 20.9. The predicted molar refractivity (Wildman–Crippen MR) is 155 cm³/mol. The van der Waals surface area contributed by atoms with Gasteiger partial charge in [-0.2, -0.15) is 0 Å². The number of hydrogen-bond donors (Lipinski definition) is 0. The quantitative estimate of drug-likeness (QED) is 0.113. The van der Waals surface area contributed by atoms with Crippen LogP contribution in [0.5, 0.6) is 11.5 Å². The van der Waals surface area contributed by atoms with Crippen molar-refractivity contribution in [1.29, 1.82) is 0 Å². The Morgan fingerprint density at radius 1 is 0.486 bits per heavy atom. The van der Waals surface area contributed by atoms with E-state index < -0.39 is 19.2 Å². The van der Waals surface area contributed by atoms with Crippen molar-refractivity contribution in [2.24, 2.45) is 0 Å². The molecule has 2 nitrogen and oxygen atoms in total. The molecule has 0 heterocycles. The van der Waals surface area contributed by atoms with Crippen LogP contribution in [0, 0.1) is 0 Å². The van der Waals surface area contributed by atoms with Gasteiger partial charge < -0.3 is 0 Å². The van der Waals surface area contributed by atoms with Gasteiger partial charge in [-0.3, -0.25) is 0 Å². The summed E-state index contributed by atoms with van der Waals surface area (Å²) < 4.78 is 13.3. The molecule has 0 spiro atoms. The van der Waals surface area contributed by atoms with Gasteiger partial charge >= 0.3 is 223 Å². The second kappa shape index (κ2) is 18.1. The van der Waals surface area contributed by atoms with Crippen molar-refractivity contribution in [2.75, 3.05) is 0 Å². The summed E-state index contributed by atoms with van der Waals surface area (Å²) in [5, 5.41) is 0. The second-order valence-corrected chi connectivity index (χ2v) is 19.7. The molecule has 0 aliphatic carbocycles. The zero-order chi connectivity index (χ0) is 25.2. The van der Waals surface area contributed by atoms with Crippen LogP contribution in [0.15, 0.2) is 48.5 Å². The van der Waals surface area contributed by atoms with E-state index in [2.05, 4.69) is 72.3 Å². The molecule has 0 N–H and O–H groups in total. The number of benzene rings is 2. The van der Waals surface area contributed by atoms with E-state index in [1.165, 1.54) is 101 Å². The summed E-state index contributed by atoms with van der Waals surface area (Å²) >= 11 is -3.23. The molecule has 3 heteroatoms. The first kappa shape index (κ1) is 30.1. The van der Waals surface area contributed by atoms with Gasteiger partial charge in [0.25, 0.3) is 0 Å². The number of para-hydroxylation sites is 2. The Labute approximate surface area is 222 Å². The average Bonchev–Trinajstić information content (AvgIpc) is 2.84. The fourth-order valence-electron chi connectivity index (χ4n) is 4.72. The van der Waals surface area contributed by atoms with Crippen molar-refractivity contribution in [2.45, 2.75) is 126 Å². The molecule has 0 radical (unpaired) electrons. The molecule has 2 rings (SSSR count). The van der Waals surface area contributed by atoms with E-state index in [4.69, 9.17) is 6.15 Å². The molecule has 35 heavy (non-hydrogen) atoms. The molecule has 2 aromatic rings. The van der Waals surface area contributed by atoms with Crippen LogP contribution in [-0.4, -0.2) is 19.2 Å². The van der Waals surface area contributed by atoms with Crippen molar-refractivity contribution >= 4 is 19.2 Å². The molecular formula is C32H52O2Sn. The third-order valence-electron chi connectivity index (χ3n) is 6.76. The molecule has 0 atom stereocenters. The van der Waals surface area contributed by atoms with Crippen LogP contribution >= 0.6 is 0 Å². The van der Waals surface area contributed by atoms with E-state index in [-0.39, 0.29) is 0 Å². The first-order valence-electron chi connectivity index (χ1n) is 14.6. The molecular weight excluding hydrogens is 535 g/mol. The van der Waals surface area contributed by atoms with Crippen LogP contribution in [0.4, 0.5) is 0 Å². The van der Waals surface area contributed by atoms with E-state index in [1.807, 2.05) is 0 Å². The van der Waals surface area contributed by atoms with Gasteiger partial charge in [0.2, 0.25) is 0 Å². The van der Waals surface area contributed by atoms with E-state index in [0.29, 0.717) is 0 Å². The summed E-state index contributed by atoms with van der Waals surface area (Å²) in [7, 11) is 0. The zero-order valence-corrected chi connectivity index (χ0v) is 26.1. The van der Waals surface area contributed by atoms with Crippen molar-refractivity contribution in [3.63, 3.8) is 0 Å². The Morgan fingerprint density at radius 3 is 1.23 bits per heavy atom. The molecule has 0 aliphatic heterocycles. The summed E-state index contributed by atoms with van der Waals surface area (Å²) in [5.74, 6) is 2.09. The van der Waals surface area contributed by atoms with Crippen LogP contribution in [0.1, 0.15) is 115 Å². The number of unbranched alkanes of at least 4 members (excludes halogenated alkanes) is 12. The number of rotatable bonds is 20. The average molecular weight is 587 g/mol. The van der Waals surface area contributed by atoms with Crippen LogP contribution in [-0.2, 0) is 12.8 Å². The van der Waals surface area contributed by atoms with Crippen molar-refractivity contribution in [3.05, 3.63) is 59.7 Å². The van der Waals surface area contributed by atoms with Gasteiger partial charge in [-0.15, -0.1) is 0 Å². The third-order valence-corrected chi connectivity index (χ3v) is 10.8. The van der Waals surface area contributed by atoms with E-state index in [0.717, 1.165) is 24.3 Å². The molecule has 196 valence electrons. The van der Waals surface area contributed by atoms with Crippen LogP contribution in [0.2, 0.25) is 9.88 Å². The van der Waals surface area contributed by atoms with E-state index in [9.17, 15) is 0 Å². The molecule has 0 bridgehead atoms. The molecule has 0 saturated heterocycles. The first-order valence-corrected chi connectivity index (χ1v) is 22.6. The van der Waals surface area contributed by atoms with Gasteiger partial charge in [-0.05, 0) is 0 Å². The molecule has 0 amide bonds. The first-order chi connectivity index (χ1) is 17.1. The minimum absolute atomic E-state index is 1.05. The number of aryl methyl sites for hydroxylation is 2. The van der Waals surface area contributed by atoms with E-state index >= 15 is 0 Å². The topological polar surface area (TPSA) is 18.5 Å². The zero-order valence-electron chi connectivity index (χ0n) is 23.2. The van der Waals surface area contributed by atoms with Crippen molar-refractivity contribution in [1.82, 2.24) is 0 Å². The second-order valence-electron chi connectivity index (χ2n) is 10.6. The number of hydrogen-bond acceptors (Lipinski definition) is 2. The maximum absolute atomic E-state index is 6.67. The van der Waals surface area contributed by atoms with Crippen molar-refractivity contribution < 1.29 is 6.15 Å². The fourth-order valence-corrected chi connectivity index (χ4v) is 8.99. The summed E-state index contributed by atoms with van der Waals surface area (Å²) in [6, 6.07) is 17.2. The third kappa shape index (κ3) is 13.1. The van der Waals surface area contributed by atoms with Crippen LogP contribution in [0.3, 0.4) is 0 Å². The van der Waals surface area contributed by atoms with Gasteiger partial charge in [0.1, 0.15) is 0 Å². The van der Waals surface area contributed by atoms with E-state index in [1.54, 1.807) is 0 Å². The monoisotopic (exact) mass is 588 g/mol. The standard InChI is InChI=1S/2C15H24O.2CH3.Sn/c2*1-2-3-4-5-6-7-8-11-14-12-9-10-13-15(14)16;;;/h2*9-10,12-13,16H,2-8,11H2,1H3;2*1H3;/q;;;;+2/p-2. The molecule has 0 unspecified atom stereocenters. The Balaban J connectivity index is 1.86. The minimum atomic E-state index is -3.23. The van der Waals surface area contributed by atoms with Gasteiger partial charge in [-0.1, -0.05) is 0 Å². The normalized spacial score (nSPS) is 11.5. The Kier molecular flexibility index (Phi) is 15.6. The molecule has 2 aromatic carbocycles. The Hall–Kier alpha value is -1.16. The van der Waals surface area contributed by atoms with Gasteiger partial charge in [0.05, 0.1) is 0 Å². The molecule has 0 aliphatic rings. The fraction of sp³-hybridized carbons (Fsp3) is 0.625.